The Balaban J connectivity index is 2.70. The van der Waals surface area contributed by atoms with Crippen LogP contribution in [0.4, 0.5) is 10.5 Å². The summed E-state index contributed by atoms with van der Waals surface area (Å²) < 4.78 is 15.4. The standard InChI is InChI=1S/C15H22N2O6/c1-15(2,3)23-14(20)17-11(13(18)19)8-22-12-7-9(21-4)5-6-10(12)16/h5-7,11H,8,16H2,1-4H3,(H,17,20)(H,18,19). The Morgan fingerprint density at radius 3 is 2.52 bits per heavy atom. The lowest BCUT2D eigenvalue weighted by molar-refractivity contribution is -0.140. The molecule has 0 spiro atoms. The first-order valence-corrected chi connectivity index (χ1v) is 6.91. The third-order valence-corrected chi connectivity index (χ3v) is 2.62. The van der Waals surface area contributed by atoms with Crippen molar-refractivity contribution < 1.29 is 28.9 Å². The van der Waals surface area contributed by atoms with E-state index in [0.29, 0.717) is 11.4 Å². The Kier molecular flexibility index (Phi) is 6.06. The second kappa shape index (κ2) is 7.57. The van der Waals surface area contributed by atoms with Crippen LogP contribution in [0, 0.1) is 0 Å². The van der Waals surface area contributed by atoms with E-state index in [4.69, 9.17) is 25.1 Å². The monoisotopic (exact) mass is 326 g/mol. The molecule has 0 aliphatic heterocycles. The number of hydrogen-bond donors (Lipinski definition) is 3. The third-order valence-electron chi connectivity index (χ3n) is 2.62. The number of ether oxygens (including phenoxy) is 3. The SMILES string of the molecule is COc1ccc(N)c(OCC(NC(=O)OC(C)(C)C)C(=O)O)c1. The lowest BCUT2D eigenvalue weighted by atomic mass is 10.2. The summed E-state index contributed by atoms with van der Waals surface area (Å²) in [4.78, 5) is 22.9. The van der Waals surface area contributed by atoms with Gasteiger partial charge in [-0.1, -0.05) is 0 Å². The number of carbonyl (C=O) groups is 2. The maximum absolute atomic E-state index is 11.7. The van der Waals surface area contributed by atoms with E-state index < -0.39 is 23.7 Å². The molecule has 1 amide bonds. The second-order valence-electron chi connectivity index (χ2n) is 5.75. The fourth-order valence-corrected chi connectivity index (χ4v) is 1.56. The van der Waals surface area contributed by atoms with Crippen LogP contribution in [0.5, 0.6) is 11.5 Å². The molecule has 0 saturated carbocycles. The zero-order valence-corrected chi connectivity index (χ0v) is 13.6. The molecule has 0 saturated heterocycles. The quantitative estimate of drug-likeness (QED) is 0.679. The molecule has 1 atom stereocenters. The molecule has 0 fully saturated rings. The molecule has 1 aromatic rings. The van der Waals surface area contributed by atoms with Crippen LogP contribution >= 0.6 is 0 Å². The predicted molar refractivity (Wildman–Crippen MR) is 83.7 cm³/mol. The minimum Gasteiger partial charge on any atom is -0.497 e. The van der Waals surface area contributed by atoms with Gasteiger partial charge in [-0.25, -0.2) is 9.59 Å². The summed E-state index contributed by atoms with van der Waals surface area (Å²) in [6.07, 6.45) is -0.841. The van der Waals surface area contributed by atoms with Crippen molar-refractivity contribution in [1.82, 2.24) is 5.32 Å². The number of methoxy groups -OCH3 is 1. The second-order valence-corrected chi connectivity index (χ2v) is 5.75. The Morgan fingerprint density at radius 1 is 1.35 bits per heavy atom. The first kappa shape index (κ1) is 18.4. The highest BCUT2D eigenvalue weighted by atomic mass is 16.6. The summed E-state index contributed by atoms with van der Waals surface area (Å²) in [5.74, 6) is -0.472. The van der Waals surface area contributed by atoms with Gasteiger partial charge in [0.2, 0.25) is 0 Å². The van der Waals surface area contributed by atoms with Crippen LogP contribution in [0.2, 0.25) is 0 Å². The summed E-state index contributed by atoms with van der Waals surface area (Å²) >= 11 is 0. The highest BCUT2D eigenvalue weighted by Crippen LogP contribution is 2.26. The van der Waals surface area contributed by atoms with Gasteiger partial charge in [0.15, 0.2) is 6.04 Å². The van der Waals surface area contributed by atoms with Gasteiger partial charge in [-0.15, -0.1) is 0 Å². The van der Waals surface area contributed by atoms with Crippen molar-refractivity contribution in [3.05, 3.63) is 18.2 Å². The molecule has 0 aliphatic rings. The molecule has 128 valence electrons. The summed E-state index contributed by atoms with van der Waals surface area (Å²) in [7, 11) is 1.49. The Labute approximate surface area is 134 Å². The average Bonchev–Trinajstić information content (AvgIpc) is 2.42. The number of nitrogens with two attached hydrogens (primary N) is 1. The van der Waals surface area contributed by atoms with Gasteiger partial charge in [-0.3, -0.25) is 0 Å². The Morgan fingerprint density at radius 2 is 2.00 bits per heavy atom. The van der Waals surface area contributed by atoms with Gasteiger partial charge in [-0.05, 0) is 32.9 Å². The van der Waals surface area contributed by atoms with E-state index in [1.807, 2.05) is 0 Å². The maximum Gasteiger partial charge on any atom is 0.408 e. The number of hydrogen-bond acceptors (Lipinski definition) is 6. The van der Waals surface area contributed by atoms with Crippen LogP contribution in [-0.2, 0) is 9.53 Å². The first-order chi connectivity index (χ1) is 10.6. The zero-order valence-electron chi connectivity index (χ0n) is 13.6. The molecule has 8 heteroatoms. The molecular formula is C15H22N2O6. The van der Waals surface area contributed by atoms with Crippen LogP contribution < -0.4 is 20.5 Å². The lowest BCUT2D eigenvalue weighted by Gasteiger charge is -2.22. The van der Waals surface area contributed by atoms with Crippen LogP contribution in [0.15, 0.2) is 18.2 Å². The highest BCUT2D eigenvalue weighted by molar-refractivity contribution is 5.80. The smallest absolute Gasteiger partial charge is 0.408 e. The van der Waals surface area contributed by atoms with Crippen molar-refractivity contribution in [2.24, 2.45) is 0 Å². The maximum atomic E-state index is 11.7. The van der Waals surface area contributed by atoms with Gasteiger partial charge in [0.25, 0.3) is 0 Å². The largest absolute Gasteiger partial charge is 0.497 e. The zero-order chi connectivity index (χ0) is 17.6. The average molecular weight is 326 g/mol. The van der Waals surface area contributed by atoms with E-state index in [2.05, 4.69) is 5.32 Å². The number of carbonyl (C=O) groups excluding carboxylic acids is 1. The lowest BCUT2D eigenvalue weighted by Crippen LogP contribution is -2.46. The number of rotatable bonds is 6. The van der Waals surface area contributed by atoms with Gasteiger partial charge >= 0.3 is 12.1 Å². The van der Waals surface area contributed by atoms with Crippen molar-refractivity contribution in [2.75, 3.05) is 19.5 Å². The number of nitrogens with one attached hydrogen (secondary N) is 1. The van der Waals surface area contributed by atoms with Crippen molar-refractivity contribution in [3.63, 3.8) is 0 Å². The van der Waals surface area contributed by atoms with E-state index in [9.17, 15) is 9.59 Å². The number of alkyl carbamates (subject to hydrolysis) is 1. The fourth-order valence-electron chi connectivity index (χ4n) is 1.56. The molecule has 0 heterocycles. The third kappa shape index (κ3) is 6.33. The number of carboxylic acid groups (broad SMARTS) is 1. The Bertz CT molecular complexity index is 568. The topological polar surface area (TPSA) is 120 Å². The molecule has 4 N–H and O–H groups in total. The van der Waals surface area contributed by atoms with Crippen molar-refractivity contribution in [1.29, 1.82) is 0 Å². The summed E-state index contributed by atoms with van der Waals surface area (Å²) in [5.41, 5.74) is 5.35. The fraction of sp³-hybridized carbons (Fsp3) is 0.467. The summed E-state index contributed by atoms with van der Waals surface area (Å²) in [6.45, 7) is 4.72. The first-order valence-electron chi connectivity index (χ1n) is 6.91. The summed E-state index contributed by atoms with van der Waals surface area (Å²) in [5, 5.41) is 11.4. The number of benzene rings is 1. The molecule has 1 unspecified atom stereocenters. The van der Waals surface area contributed by atoms with Crippen molar-refractivity contribution >= 4 is 17.7 Å². The van der Waals surface area contributed by atoms with Gasteiger partial charge in [0, 0.05) is 6.07 Å². The molecular weight excluding hydrogens is 304 g/mol. The summed E-state index contributed by atoms with van der Waals surface area (Å²) in [6, 6.07) is 3.47. The van der Waals surface area contributed by atoms with Crippen LogP contribution in [0.25, 0.3) is 0 Å². The van der Waals surface area contributed by atoms with Gasteiger partial charge < -0.3 is 30.4 Å². The molecule has 1 aromatic carbocycles. The molecule has 0 aromatic heterocycles. The number of carboxylic acids is 1. The molecule has 23 heavy (non-hydrogen) atoms. The van der Waals surface area contributed by atoms with Gasteiger partial charge in [-0.2, -0.15) is 0 Å². The van der Waals surface area contributed by atoms with Gasteiger partial charge in [0.1, 0.15) is 23.7 Å². The normalized spacial score (nSPS) is 12.2. The minimum atomic E-state index is -1.28. The number of amides is 1. The van der Waals surface area contributed by atoms with Gasteiger partial charge in [0.05, 0.1) is 12.8 Å². The van der Waals surface area contributed by atoms with Crippen LogP contribution in [0.1, 0.15) is 20.8 Å². The molecule has 8 nitrogen and oxygen atoms in total. The van der Waals surface area contributed by atoms with E-state index in [1.54, 1.807) is 32.9 Å². The molecule has 0 radical (unpaired) electrons. The van der Waals surface area contributed by atoms with E-state index in [-0.39, 0.29) is 12.4 Å². The van der Waals surface area contributed by atoms with E-state index >= 15 is 0 Å². The molecule has 0 bridgehead atoms. The molecule has 0 aliphatic carbocycles. The van der Waals surface area contributed by atoms with E-state index in [1.165, 1.54) is 13.2 Å². The minimum absolute atomic E-state index is 0.265. The highest BCUT2D eigenvalue weighted by Gasteiger charge is 2.24. The van der Waals surface area contributed by atoms with E-state index in [0.717, 1.165) is 0 Å². The number of aliphatic carboxylic acids is 1. The number of nitrogen functional groups attached to an aromatic ring is 1. The van der Waals surface area contributed by atoms with Crippen molar-refractivity contribution in [2.45, 2.75) is 32.4 Å². The predicted octanol–water partition coefficient (Wildman–Crippen LogP) is 1.63. The van der Waals surface area contributed by atoms with Crippen LogP contribution in [-0.4, -0.2) is 42.5 Å². The Hall–Kier alpha value is -2.64. The number of anilines is 1. The molecule has 1 rings (SSSR count). The van der Waals surface area contributed by atoms with Crippen LogP contribution in [0.3, 0.4) is 0 Å². The van der Waals surface area contributed by atoms with Crippen molar-refractivity contribution in [3.8, 4) is 11.5 Å².